The number of hydrogen-bond acceptors (Lipinski definition) is 4. The molecule has 0 amide bonds. The number of nitrogens with zero attached hydrogens (tertiary/aromatic N) is 2. The molecule has 0 spiro atoms. The number of rotatable bonds is 8. The van der Waals surface area contributed by atoms with E-state index in [1.165, 1.54) is 18.4 Å². The molecule has 1 unspecified atom stereocenters. The lowest BCUT2D eigenvalue weighted by Crippen LogP contribution is -2.44. The first-order chi connectivity index (χ1) is 8.02. The molecule has 0 aliphatic carbocycles. The second-order valence-corrected chi connectivity index (χ2v) is 8.22. The van der Waals surface area contributed by atoms with Crippen LogP contribution in [0.1, 0.15) is 20.3 Å². The summed E-state index contributed by atoms with van der Waals surface area (Å²) in [6, 6.07) is -0.149. The van der Waals surface area contributed by atoms with Crippen molar-refractivity contribution >= 4 is 20.2 Å². The highest BCUT2D eigenvalue weighted by Gasteiger charge is 2.22. The molecule has 0 heterocycles. The fourth-order valence-electron chi connectivity index (χ4n) is 1.33. The van der Waals surface area contributed by atoms with E-state index in [-0.39, 0.29) is 19.1 Å². The molecule has 9 heteroatoms. The van der Waals surface area contributed by atoms with E-state index in [0.29, 0.717) is 6.42 Å². The van der Waals surface area contributed by atoms with Gasteiger partial charge in [-0.15, -0.1) is 0 Å². The Morgan fingerprint density at radius 3 is 2.00 bits per heavy atom. The van der Waals surface area contributed by atoms with Crippen molar-refractivity contribution in [3.8, 4) is 0 Å². The van der Waals surface area contributed by atoms with Gasteiger partial charge in [0.25, 0.3) is 10.2 Å². The van der Waals surface area contributed by atoms with Crippen LogP contribution in [0.25, 0.3) is 0 Å². The molecule has 0 saturated carbocycles. The van der Waals surface area contributed by atoms with Crippen LogP contribution in [0.4, 0.5) is 0 Å². The van der Waals surface area contributed by atoms with Crippen LogP contribution in [0.15, 0.2) is 0 Å². The van der Waals surface area contributed by atoms with Gasteiger partial charge in [-0.2, -0.15) is 17.0 Å². The molecule has 0 rings (SSSR count). The summed E-state index contributed by atoms with van der Waals surface area (Å²) in [5.41, 5.74) is 0. The van der Waals surface area contributed by atoms with Crippen LogP contribution in [0.2, 0.25) is 0 Å². The Kier molecular flexibility index (Phi) is 6.72. The van der Waals surface area contributed by atoms with E-state index in [0.717, 1.165) is 10.6 Å². The van der Waals surface area contributed by atoms with Crippen molar-refractivity contribution in [3.63, 3.8) is 0 Å². The van der Waals surface area contributed by atoms with Crippen LogP contribution in [0.5, 0.6) is 0 Å². The highest BCUT2D eigenvalue weighted by atomic mass is 32.2. The van der Waals surface area contributed by atoms with E-state index < -0.39 is 20.2 Å². The molecule has 18 heavy (non-hydrogen) atoms. The second kappa shape index (κ2) is 6.80. The van der Waals surface area contributed by atoms with Crippen LogP contribution in [-0.2, 0) is 20.2 Å². The predicted molar refractivity (Wildman–Crippen MR) is 71.9 cm³/mol. The van der Waals surface area contributed by atoms with Crippen LogP contribution in [0.3, 0.4) is 0 Å². The molecular weight excluding hydrogens is 278 g/mol. The minimum atomic E-state index is -3.51. The molecule has 0 aromatic carbocycles. The van der Waals surface area contributed by atoms with E-state index in [1.807, 2.05) is 6.92 Å². The Labute approximate surface area is 110 Å². The quantitative estimate of drug-likeness (QED) is 0.651. The molecule has 0 aliphatic heterocycles. The molecule has 0 aliphatic rings. The van der Waals surface area contributed by atoms with Crippen molar-refractivity contribution in [1.29, 1.82) is 0 Å². The lowest BCUT2D eigenvalue weighted by molar-refractivity contribution is 0.334. The summed E-state index contributed by atoms with van der Waals surface area (Å²) in [4.78, 5) is 0. The summed E-state index contributed by atoms with van der Waals surface area (Å²) in [5.74, 6) is 0. The zero-order valence-corrected chi connectivity index (χ0v) is 13.2. The normalized spacial score (nSPS) is 15.3. The Hall–Kier alpha value is -0.220. The van der Waals surface area contributed by atoms with Gasteiger partial charge in [0.05, 0.1) is 6.26 Å². The van der Waals surface area contributed by atoms with Crippen LogP contribution in [0, 0.1) is 0 Å². The van der Waals surface area contributed by atoms with Crippen LogP contribution < -0.4 is 4.72 Å². The van der Waals surface area contributed by atoms with E-state index in [4.69, 9.17) is 0 Å². The minimum Gasteiger partial charge on any atom is -0.212 e. The van der Waals surface area contributed by atoms with E-state index in [2.05, 4.69) is 4.72 Å². The Morgan fingerprint density at radius 1 is 1.17 bits per heavy atom. The molecule has 7 nitrogen and oxygen atoms in total. The fraction of sp³-hybridized carbons (Fsp3) is 1.00. The Bertz CT molecular complexity index is 444. The summed E-state index contributed by atoms with van der Waals surface area (Å²) < 4.78 is 50.7. The van der Waals surface area contributed by atoms with Gasteiger partial charge in [0.1, 0.15) is 0 Å². The molecule has 0 saturated heterocycles. The molecular formula is C9H23N3O4S2. The topological polar surface area (TPSA) is 86.8 Å². The summed E-state index contributed by atoms with van der Waals surface area (Å²) >= 11 is 0. The first kappa shape index (κ1) is 17.8. The minimum absolute atomic E-state index is 0.0535. The average molecular weight is 301 g/mol. The van der Waals surface area contributed by atoms with Gasteiger partial charge >= 0.3 is 0 Å². The highest BCUT2D eigenvalue weighted by molar-refractivity contribution is 7.88. The van der Waals surface area contributed by atoms with Crippen molar-refractivity contribution in [2.45, 2.75) is 26.3 Å². The van der Waals surface area contributed by atoms with E-state index >= 15 is 0 Å². The molecule has 0 radical (unpaired) electrons. The first-order valence-electron chi connectivity index (χ1n) is 5.66. The Morgan fingerprint density at radius 2 is 1.67 bits per heavy atom. The summed E-state index contributed by atoms with van der Waals surface area (Å²) in [7, 11) is -4.02. The second-order valence-electron chi connectivity index (χ2n) is 4.31. The fourth-order valence-corrected chi connectivity index (χ4v) is 3.16. The highest BCUT2D eigenvalue weighted by Crippen LogP contribution is 2.07. The van der Waals surface area contributed by atoms with Crippen molar-refractivity contribution < 1.29 is 16.8 Å². The van der Waals surface area contributed by atoms with Gasteiger partial charge in [-0.3, -0.25) is 0 Å². The first-order valence-corrected chi connectivity index (χ1v) is 8.95. The number of nitrogens with one attached hydrogen (secondary N) is 1. The van der Waals surface area contributed by atoms with E-state index in [9.17, 15) is 16.8 Å². The third-order valence-electron chi connectivity index (χ3n) is 2.61. The van der Waals surface area contributed by atoms with Gasteiger partial charge in [-0.25, -0.2) is 13.1 Å². The van der Waals surface area contributed by atoms with Gasteiger partial charge in [0.2, 0.25) is 10.0 Å². The van der Waals surface area contributed by atoms with Gasteiger partial charge in [-0.1, -0.05) is 6.92 Å². The van der Waals surface area contributed by atoms with Gasteiger partial charge in [0.15, 0.2) is 0 Å². The average Bonchev–Trinajstić information content (AvgIpc) is 2.21. The molecule has 0 fully saturated rings. The standard InChI is InChI=1S/C9H23N3O4S2/c1-6-9(2)12(17(5,13)14)8-7-10-18(15,16)11(3)4/h9-10H,6-8H2,1-5H3. The van der Waals surface area contributed by atoms with Crippen molar-refractivity contribution in [2.75, 3.05) is 33.4 Å². The largest absolute Gasteiger partial charge is 0.278 e. The maximum atomic E-state index is 11.6. The molecule has 110 valence electrons. The lowest BCUT2D eigenvalue weighted by atomic mass is 10.2. The van der Waals surface area contributed by atoms with Gasteiger partial charge in [0, 0.05) is 33.2 Å². The zero-order valence-electron chi connectivity index (χ0n) is 11.5. The molecule has 1 N–H and O–H groups in total. The van der Waals surface area contributed by atoms with E-state index in [1.54, 1.807) is 6.92 Å². The summed E-state index contributed by atoms with van der Waals surface area (Å²) in [5, 5.41) is 0. The summed E-state index contributed by atoms with van der Waals surface area (Å²) in [6.45, 7) is 3.85. The SMILES string of the molecule is CCC(C)N(CCNS(=O)(=O)N(C)C)S(C)(=O)=O. The van der Waals surface area contributed by atoms with Crippen LogP contribution in [-0.4, -0.2) is 64.9 Å². The maximum Gasteiger partial charge on any atom is 0.278 e. The molecule has 1 atom stereocenters. The smallest absolute Gasteiger partial charge is 0.212 e. The zero-order chi connectivity index (χ0) is 14.6. The predicted octanol–water partition coefficient (Wildman–Crippen LogP) is -0.557. The third kappa shape index (κ3) is 5.61. The van der Waals surface area contributed by atoms with Crippen molar-refractivity contribution in [2.24, 2.45) is 0 Å². The molecule has 0 aromatic rings. The molecule has 0 bridgehead atoms. The van der Waals surface area contributed by atoms with Gasteiger partial charge < -0.3 is 0 Å². The van der Waals surface area contributed by atoms with Crippen LogP contribution >= 0.6 is 0 Å². The summed E-state index contributed by atoms with van der Waals surface area (Å²) in [6.07, 6.45) is 1.80. The number of hydrogen-bond donors (Lipinski definition) is 1. The maximum absolute atomic E-state index is 11.6. The number of sulfonamides is 1. The molecule has 0 aromatic heterocycles. The van der Waals surface area contributed by atoms with Crippen molar-refractivity contribution in [3.05, 3.63) is 0 Å². The van der Waals surface area contributed by atoms with Crippen molar-refractivity contribution in [1.82, 2.24) is 13.3 Å². The lowest BCUT2D eigenvalue weighted by Gasteiger charge is -2.26. The monoisotopic (exact) mass is 301 g/mol. The third-order valence-corrected chi connectivity index (χ3v) is 5.53. The van der Waals surface area contributed by atoms with Gasteiger partial charge in [-0.05, 0) is 13.3 Å². The Balaban J connectivity index is 4.58.